The van der Waals surface area contributed by atoms with Crippen LogP contribution in [-0.2, 0) is 34.0 Å². The van der Waals surface area contributed by atoms with Gasteiger partial charge in [-0.25, -0.2) is 4.79 Å². The Kier molecular flexibility index (Phi) is 8.90. The van der Waals surface area contributed by atoms with E-state index in [1.54, 1.807) is 17.0 Å². The Hall–Kier alpha value is -5.00. The van der Waals surface area contributed by atoms with Crippen LogP contribution >= 0.6 is 0 Å². The highest BCUT2D eigenvalue weighted by atomic mass is 16.6. The van der Waals surface area contributed by atoms with Gasteiger partial charge in [-0.3, -0.25) is 9.59 Å². The minimum atomic E-state index is -0.821. The van der Waals surface area contributed by atoms with E-state index in [4.69, 9.17) is 9.47 Å². The summed E-state index contributed by atoms with van der Waals surface area (Å²) in [6.45, 7) is 4.12. The van der Waals surface area contributed by atoms with Crippen LogP contribution in [0.25, 0.3) is 0 Å². The number of methoxy groups -OCH3 is 1. The summed E-state index contributed by atoms with van der Waals surface area (Å²) < 4.78 is 12.3. The molecule has 0 aliphatic carbocycles. The summed E-state index contributed by atoms with van der Waals surface area (Å²) in [4.78, 5) is 46.5. The van der Waals surface area contributed by atoms with Gasteiger partial charge in [0.2, 0.25) is 0 Å². The molecule has 232 valence electrons. The molecular weight excluding hydrogens is 572 g/mol. The van der Waals surface area contributed by atoms with Crippen LogP contribution < -0.4 is 10.2 Å². The monoisotopic (exact) mass is 608 g/mol. The van der Waals surface area contributed by atoms with Gasteiger partial charge in [-0.05, 0) is 42.4 Å². The second kappa shape index (κ2) is 13.3. The van der Waals surface area contributed by atoms with Gasteiger partial charge < -0.3 is 29.5 Å². The third-order valence-corrected chi connectivity index (χ3v) is 8.26. The molecule has 11 heteroatoms. The van der Waals surface area contributed by atoms with Crippen molar-refractivity contribution in [1.29, 1.82) is 0 Å². The fraction of sp³-hybridized carbons (Fsp3) is 0.294. The number of carbonyl (C=O) groups is 3. The third-order valence-electron chi connectivity index (χ3n) is 8.26. The van der Waals surface area contributed by atoms with Gasteiger partial charge in [0.15, 0.2) is 11.9 Å². The van der Waals surface area contributed by atoms with E-state index in [9.17, 15) is 14.4 Å². The maximum absolute atomic E-state index is 13.6. The molecule has 1 N–H and O–H groups in total. The standard InChI is InChI=1S/C34H36N6O5/c1-37-17-19-38(20-18-37)27-15-13-26(14-16-27)32(41)35-31-28-21-39(33(42)30(44-2)25-11-7-4-8-12-25)22-29(28)40(36-31)34(43)45-23-24-9-5-3-6-10-24/h3-16,30H,17-23H2,1-2H3,(H,35,36,41). The zero-order chi connectivity index (χ0) is 31.3. The maximum Gasteiger partial charge on any atom is 0.435 e. The molecule has 4 aromatic rings. The van der Waals surface area contributed by atoms with Crippen LogP contribution in [0, 0.1) is 0 Å². The Labute approximate surface area is 261 Å². The number of fused-ring (bicyclic) bond motifs is 1. The second-order valence-corrected chi connectivity index (χ2v) is 11.2. The Morgan fingerprint density at radius 1 is 0.867 bits per heavy atom. The number of likely N-dealkylation sites (N-methyl/N-ethyl adjacent to an activating group) is 1. The number of amides is 2. The molecule has 0 spiro atoms. The molecule has 1 saturated heterocycles. The summed E-state index contributed by atoms with van der Waals surface area (Å²) in [5.41, 5.74) is 4.11. The highest BCUT2D eigenvalue weighted by Crippen LogP contribution is 2.33. The largest absolute Gasteiger partial charge is 0.443 e. The molecule has 1 unspecified atom stereocenters. The van der Waals surface area contributed by atoms with Crippen LogP contribution in [0.15, 0.2) is 84.9 Å². The number of hydrogen-bond donors (Lipinski definition) is 1. The van der Waals surface area contributed by atoms with Crippen molar-refractivity contribution in [2.75, 3.05) is 50.6 Å². The number of piperazine rings is 1. The second-order valence-electron chi connectivity index (χ2n) is 11.2. The molecule has 0 bridgehead atoms. The minimum absolute atomic E-state index is 0.0536. The van der Waals surface area contributed by atoms with Gasteiger partial charge in [0, 0.05) is 50.1 Å². The zero-order valence-corrected chi connectivity index (χ0v) is 25.4. The highest BCUT2D eigenvalue weighted by Gasteiger charge is 2.36. The minimum Gasteiger partial charge on any atom is -0.443 e. The lowest BCUT2D eigenvalue weighted by Gasteiger charge is -2.34. The number of ether oxygens (including phenoxy) is 2. The Morgan fingerprint density at radius 2 is 1.53 bits per heavy atom. The van der Waals surface area contributed by atoms with E-state index in [1.165, 1.54) is 7.11 Å². The lowest BCUT2D eigenvalue weighted by molar-refractivity contribution is -0.143. The van der Waals surface area contributed by atoms with Crippen molar-refractivity contribution >= 4 is 29.4 Å². The van der Waals surface area contributed by atoms with Gasteiger partial charge in [-0.2, -0.15) is 4.68 Å². The van der Waals surface area contributed by atoms with Crippen molar-refractivity contribution in [2.24, 2.45) is 0 Å². The number of aromatic nitrogens is 2. The van der Waals surface area contributed by atoms with Gasteiger partial charge in [-0.15, -0.1) is 5.10 Å². The first-order valence-electron chi connectivity index (χ1n) is 14.9. The van der Waals surface area contributed by atoms with Crippen molar-refractivity contribution in [3.05, 3.63) is 113 Å². The lowest BCUT2D eigenvalue weighted by atomic mass is 10.1. The predicted molar refractivity (Wildman–Crippen MR) is 169 cm³/mol. The normalized spacial score (nSPS) is 15.4. The van der Waals surface area contributed by atoms with E-state index in [1.807, 2.05) is 72.8 Å². The first-order valence-corrected chi connectivity index (χ1v) is 14.9. The SMILES string of the molecule is COC(C(=O)N1Cc2c(NC(=O)c3ccc(N4CCN(C)CC4)cc3)nn(C(=O)OCc3ccccc3)c2C1)c1ccccc1. The van der Waals surface area contributed by atoms with Crippen molar-refractivity contribution in [3.8, 4) is 0 Å². The first kappa shape index (κ1) is 30.0. The molecule has 11 nitrogen and oxygen atoms in total. The maximum atomic E-state index is 13.6. The van der Waals surface area contributed by atoms with Crippen LogP contribution in [0.4, 0.5) is 16.3 Å². The highest BCUT2D eigenvalue weighted by molar-refractivity contribution is 6.04. The molecule has 45 heavy (non-hydrogen) atoms. The summed E-state index contributed by atoms with van der Waals surface area (Å²) in [5.74, 6) is -0.423. The van der Waals surface area contributed by atoms with Crippen LogP contribution in [0.2, 0.25) is 0 Å². The van der Waals surface area contributed by atoms with Crippen LogP contribution in [0.1, 0.15) is 38.8 Å². The Morgan fingerprint density at radius 3 is 2.20 bits per heavy atom. The van der Waals surface area contributed by atoms with Gasteiger partial charge in [0.25, 0.3) is 11.8 Å². The molecule has 3 aromatic carbocycles. The topological polar surface area (TPSA) is 109 Å². The predicted octanol–water partition coefficient (Wildman–Crippen LogP) is 4.30. The van der Waals surface area contributed by atoms with Crippen LogP contribution in [0.5, 0.6) is 0 Å². The van der Waals surface area contributed by atoms with Crippen molar-refractivity contribution in [3.63, 3.8) is 0 Å². The summed E-state index contributed by atoms with van der Waals surface area (Å²) >= 11 is 0. The molecular formula is C34H36N6O5. The summed E-state index contributed by atoms with van der Waals surface area (Å²) in [5, 5.41) is 7.33. The quantitative estimate of drug-likeness (QED) is 0.316. The number of carbonyl (C=O) groups excluding carboxylic acids is 3. The Bertz CT molecular complexity index is 1650. The molecule has 0 saturated carbocycles. The zero-order valence-electron chi connectivity index (χ0n) is 25.4. The average molecular weight is 609 g/mol. The van der Waals surface area contributed by atoms with E-state index < -0.39 is 12.2 Å². The molecule has 1 fully saturated rings. The van der Waals surface area contributed by atoms with Gasteiger partial charge >= 0.3 is 6.09 Å². The Balaban J connectivity index is 1.22. The van der Waals surface area contributed by atoms with Gasteiger partial charge in [-0.1, -0.05) is 60.7 Å². The number of hydrogen-bond acceptors (Lipinski definition) is 8. The number of anilines is 2. The molecule has 6 rings (SSSR count). The lowest BCUT2D eigenvalue weighted by Crippen LogP contribution is -2.44. The van der Waals surface area contributed by atoms with E-state index in [-0.39, 0.29) is 37.3 Å². The fourth-order valence-electron chi connectivity index (χ4n) is 5.67. The number of rotatable bonds is 8. The van der Waals surface area contributed by atoms with Crippen molar-refractivity contribution in [2.45, 2.75) is 25.8 Å². The summed E-state index contributed by atoms with van der Waals surface area (Å²) in [6.07, 6.45) is -1.52. The molecule has 2 amide bonds. The molecule has 2 aliphatic heterocycles. The summed E-state index contributed by atoms with van der Waals surface area (Å²) in [6, 6.07) is 26.0. The van der Waals surface area contributed by atoms with Gasteiger partial charge in [0.1, 0.15) is 6.61 Å². The van der Waals surface area contributed by atoms with Crippen LogP contribution in [0.3, 0.4) is 0 Å². The molecule has 3 heterocycles. The molecule has 0 radical (unpaired) electrons. The first-order chi connectivity index (χ1) is 21.9. The summed E-state index contributed by atoms with van der Waals surface area (Å²) in [7, 11) is 3.60. The van der Waals surface area contributed by atoms with Gasteiger partial charge in [0.05, 0.1) is 18.8 Å². The molecule has 1 aromatic heterocycles. The van der Waals surface area contributed by atoms with E-state index >= 15 is 0 Å². The number of nitrogens with zero attached hydrogens (tertiary/aromatic N) is 5. The average Bonchev–Trinajstić information content (AvgIpc) is 3.66. The van der Waals surface area contributed by atoms with Crippen molar-refractivity contribution in [1.82, 2.24) is 19.6 Å². The molecule has 1 atom stereocenters. The molecule has 2 aliphatic rings. The third kappa shape index (κ3) is 6.59. The van der Waals surface area contributed by atoms with E-state index in [2.05, 4.69) is 27.3 Å². The van der Waals surface area contributed by atoms with E-state index in [0.29, 0.717) is 16.8 Å². The van der Waals surface area contributed by atoms with Crippen molar-refractivity contribution < 1.29 is 23.9 Å². The smallest absolute Gasteiger partial charge is 0.435 e. The van der Waals surface area contributed by atoms with Crippen LogP contribution in [-0.4, -0.2) is 77.8 Å². The number of nitrogens with one attached hydrogen (secondary N) is 1. The van der Waals surface area contributed by atoms with E-state index in [0.717, 1.165) is 47.7 Å². The number of benzene rings is 3. The fourth-order valence-corrected chi connectivity index (χ4v) is 5.67.